The van der Waals surface area contributed by atoms with E-state index in [1.165, 1.54) is 13.0 Å². The van der Waals surface area contributed by atoms with Gasteiger partial charge in [0.15, 0.2) is 0 Å². The topological polar surface area (TPSA) is 78.4 Å². The lowest BCUT2D eigenvalue weighted by Crippen LogP contribution is -2.38. The number of amides is 2. The fraction of sp³-hybridized carbons (Fsp3) is 0.333. The van der Waals surface area contributed by atoms with Gasteiger partial charge in [0, 0.05) is 12.2 Å². The Labute approximate surface area is 112 Å². The highest BCUT2D eigenvalue weighted by molar-refractivity contribution is 6.39. The molecule has 1 atom stereocenters. The summed E-state index contributed by atoms with van der Waals surface area (Å²) >= 11 is 0. The number of nitrogens with one attached hydrogen (secondary N) is 2. The molecule has 0 aliphatic rings. The molecule has 8 heteroatoms. The van der Waals surface area contributed by atoms with E-state index < -0.39 is 29.7 Å². The molecular formula is C12H13F3N2O3. The van der Waals surface area contributed by atoms with Gasteiger partial charge in [-0.3, -0.25) is 9.59 Å². The number of anilines is 1. The molecule has 1 rings (SSSR count). The van der Waals surface area contributed by atoms with Gasteiger partial charge in [0.2, 0.25) is 0 Å². The highest BCUT2D eigenvalue weighted by Gasteiger charge is 2.30. The Kier molecular flexibility index (Phi) is 5.09. The maximum Gasteiger partial charge on any atom is 0.416 e. The molecule has 0 unspecified atom stereocenters. The third kappa shape index (κ3) is 4.88. The molecule has 0 bridgehead atoms. The fourth-order valence-corrected chi connectivity index (χ4v) is 1.28. The smallest absolute Gasteiger partial charge is 0.392 e. The van der Waals surface area contributed by atoms with Crippen molar-refractivity contribution in [3.05, 3.63) is 29.8 Å². The highest BCUT2D eigenvalue weighted by atomic mass is 19.4. The SMILES string of the molecule is C[C@H](O)CNC(=O)C(=O)Nc1cccc(C(F)(F)F)c1. The third-order valence-electron chi connectivity index (χ3n) is 2.21. The second-order valence-corrected chi connectivity index (χ2v) is 4.09. The minimum absolute atomic E-state index is 0.130. The molecule has 0 radical (unpaired) electrons. The van der Waals surface area contributed by atoms with Gasteiger partial charge in [0.05, 0.1) is 11.7 Å². The maximum atomic E-state index is 12.5. The second kappa shape index (κ2) is 6.38. The summed E-state index contributed by atoms with van der Waals surface area (Å²) in [5.41, 5.74) is -1.07. The van der Waals surface area contributed by atoms with Gasteiger partial charge in [-0.05, 0) is 25.1 Å². The lowest BCUT2D eigenvalue weighted by molar-refractivity contribution is -0.137. The first-order valence-corrected chi connectivity index (χ1v) is 5.64. The Balaban J connectivity index is 2.69. The minimum Gasteiger partial charge on any atom is -0.392 e. The molecule has 1 aromatic rings. The number of hydrogen-bond donors (Lipinski definition) is 3. The first-order valence-electron chi connectivity index (χ1n) is 5.64. The summed E-state index contributed by atoms with van der Waals surface area (Å²) < 4.78 is 37.4. The average molecular weight is 290 g/mol. The van der Waals surface area contributed by atoms with Crippen LogP contribution in [0.15, 0.2) is 24.3 Å². The summed E-state index contributed by atoms with van der Waals surface area (Å²) in [6.07, 6.45) is -5.37. The quantitative estimate of drug-likeness (QED) is 0.730. The molecule has 0 heterocycles. The van der Waals surface area contributed by atoms with Crippen molar-refractivity contribution >= 4 is 17.5 Å². The van der Waals surface area contributed by atoms with E-state index in [4.69, 9.17) is 5.11 Å². The summed E-state index contributed by atoms with van der Waals surface area (Å²) in [4.78, 5) is 22.7. The molecule has 20 heavy (non-hydrogen) atoms. The monoisotopic (exact) mass is 290 g/mol. The summed E-state index contributed by atoms with van der Waals surface area (Å²) in [5.74, 6) is -2.15. The number of hydrogen-bond acceptors (Lipinski definition) is 3. The molecule has 0 aromatic heterocycles. The Morgan fingerprint density at radius 3 is 2.50 bits per heavy atom. The number of carbonyl (C=O) groups excluding carboxylic acids is 2. The van der Waals surface area contributed by atoms with Crippen LogP contribution < -0.4 is 10.6 Å². The number of carbonyl (C=O) groups is 2. The lowest BCUT2D eigenvalue weighted by Gasteiger charge is -2.10. The van der Waals surface area contributed by atoms with E-state index in [2.05, 4.69) is 5.32 Å². The normalized spacial score (nSPS) is 12.7. The van der Waals surface area contributed by atoms with Crippen molar-refractivity contribution in [2.75, 3.05) is 11.9 Å². The number of benzene rings is 1. The Morgan fingerprint density at radius 2 is 1.95 bits per heavy atom. The zero-order valence-electron chi connectivity index (χ0n) is 10.5. The molecule has 1 aromatic carbocycles. The van der Waals surface area contributed by atoms with E-state index >= 15 is 0 Å². The lowest BCUT2D eigenvalue weighted by atomic mass is 10.2. The van der Waals surface area contributed by atoms with Gasteiger partial charge in [-0.1, -0.05) is 6.07 Å². The van der Waals surface area contributed by atoms with Crippen LogP contribution in [0.25, 0.3) is 0 Å². The maximum absolute atomic E-state index is 12.5. The molecule has 5 nitrogen and oxygen atoms in total. The van der Waals surface area contributed by atoms with Crippen molar-refractivity contribution in [1.29, 1.82) is 0 Å². The average Bonchev–Trinajstić information content (AvgIpc) is 2.35. The summed E-state index contributed by atoms with van der Waals surface area (Å²) in [5, 5.41) is 13.1. The second-order valence-electron chi connectivity index (χ2n) is 4.09. The van der Waals surface area contributed by atoms with Crippen molar-refractivity contribution in [2.45, 2.75) is 19.2 Å². The van der Waals surface area contributed by atoms with Crippen molar-refractivity contribution in [2.24, 2.45) is 0 Å². The van der Waals surface area contributed by atoms with Gasteiger partial charge in [-0.15, -0.1) is 0 Å². The van der Waals surface area contributed by atoms with Crippen LogP contribution in [0, 0.1) is 0 Å². The zero-order valence-corrected chi connectivity index (χ0v) is 10.5. The van der Waals surface area contributed by atoms with E-state index in [0.29, 0.717) is 0 Å². The molecular weight excluding hydrogens is 277 g/mol. The van der Waals surface area contributed by atoms with Crippen LogP contribution in [-0.4, -0.2) is 29.6 Å². The predicted molar refractivity (Wildman–Crippen MR) is 64.8 cm³/mol. The molecule has 0 fully saturated rings. The number of rotatable bonds is 3. The van der Waals surface area contributed by atoms with Crippen LogP contribution in [0.1, 0.15) is 12.5 Å². The number of alkyl halides is 3. The molecule has 110 valence electrons. The van der Waals surface area contributed by atoms with Crippen LogP contribution in [0.2, 0.25) is 0 Å². The molecule has 2 amide bonds. The largest absolute Gasteiger partial charge is 0.416 e. The van der Waals surface area contributed by atoms with Gasteiger partial charge in [0.25, 0.3) is 0 Å². The molecule has 0 saturated heterocycles. The molecule has 0 aliphatic heterocycles. The first kappa shape index (κ1) is 16.0. The third-order valence-corrected chi connectivity index (χ3v) is 2.21. The first-order chi connectivity index (χ1) is 9.20. The predicted octanol–water partition coefficient (Wildman–Crippen LogP) is 1.14. The van der Waals surface area contributed by atoms with Crippen LogP contribution in [0.5, 0.6) is 0 Å². The van der Waals surface area contributed by atoms with E-state index in [-0.39, 0.29) is 12.2 Å². The Bertz CT molecular complexity index is 501. The van der Waals surface area contributed by atoms with E-state index in [0.717, 1.165) is 18.2 Å². The Hall–Kier alpha value is -2.09. The minimum atomic E-state index is -4.53. The molecule has 3 N–H and O–H groups in total. The van der Waals surface area contributed by atoms with E-state index in [1.54, 1.807) is 0 Å². The highest BCUT2D eigenvalue weighted by Crippen LogP contribution is 2.30. The zero-order chi connectivity index (χ0) is 15.3. The van der Waals surface area contributed by atoms with Gasteiger partial charge in [0.1, 0.15) is 0 Å². The summed E-state index contributed by atoms with van der Waals surface area (Å²) in [6.45, 7) is 1.28. The van der Waals surface area contributed by atoms with Crippen LogP contribution in [-0.2, 0) is 15.8 Å². The standard InChI is InChI=1S/C12H13F3N2O3/c1-7(18)6-16-10(19)11(20)17-9-4-2-3-8(5-9)12(13,14)15/h2-5,7,18H,6H2,1H3,(H,16,19)(H,17,20)/t7-/m0/s1. The molecule has 0 saturated carbocycles. The fourth-order valence-electron chi connectivity index (χ4n) is 1.28. The molecule has 0 aliphatic carbocycles. The van der Waals surface area contributed by atoms with E-state index in [1.807, 2.05) is 5.32 Å². The van der Waals surface area contributed by atoms with Crippen molar-refractivity contribution in [1.82, 2.24) is 5.32 Å². The molecule has 0 spiro atoms. The van der Waals surface area contributed by atoms with Gasteiger partial charge < -0.3 is 15.7 Å². The van der Waals surface area contributed by atoms with Gasteiger partial charge in [-0.25, -0.2) is 0 Å². The number of aliphatic hydroxyl groups is 1. The van der Waals surface area contributed by atoms with Crippen LogP contribution >= 0.6 is 0 Å². The summed E-state index contributed by atoms with van der Waals surface area (Å²) in [7, 11) is 0. The van der Waals surface area contributed by atoms with Crippen molar-refractivity contribution < 1.29 is 27.9 Å². The van der Waals surface area contributed by atoms with Gasteiger partial charge >= 0.3 is 18.0 Å². The Morgan fingerprint density at radius 1 is 1.30 bits per heavy atom. The van der Waals surface area contributed by atoms with Crippen molar-refractivity contribution in [3.8, 4) is 0 Å². The number of aliphatic hydroxyl groups excluding tert-OH is 1. The van der Waals surface area contributed by atoms with Crippen LogP contribution in [0.3, 0.4) is 0 Å². The van der Waals surface area contributed by atoms with Crippen LogP contribution in [0.4, 0.5) is 18.9 Å². The van der Waals surface area contributed by atoms with Gasteiger partial charge in [-0.2, -0.15) is 13.2 Å². The number of halogens is 3. The van der Waals surface area contributed by atoms with E-state index in [9.17, 15) is 22.8 Å². The summed E-state index contributed by atoms with van der Waals surface area (Å²) in [6, 6.07) is 3.92. The van der Waals surface area contributed by atoms with Crippen molar-refractivity contribution in [3.63, 3.8) is 0 Å².